The highest BCUT2D eigenvalue weighted by Crippen LogP contribution is 2.05. The smallest absolute Gasteiger partial charge is 0.0134 e. The van der Waals surface area contributed by atoms with Crippen LogP contribution < -0.4 is 5.32 Å². The summed E-state index contributed by atoms with van der Waals surface area (Å²) in [5.74, 6) is 0.822. The van der Waals surface area contributed by atoms with Gasteiger partial charge in [-0.3, -0.25) is 0 Å². The van der Waals surface area contributed by atoms with Crippen LogP contribution in [0.25, 0.3) is 0 Å². The molecule has 0 aliphatic heterocycles. The van der Waals surface area contributed by atoms with Crippen LogP contribution in [0.2, 0.25) is 0 Å². The maximum Gasteiger partial charge on any atom is 0.0134 e. The lowest BCUT2D eigenvalue weighted by atomic mass is 10.0. The zero-order chi connectivity index (χ0) is 8.69. The molecule has 1 heteroatoms. The van der Waals surface area contributed by atoms with Gasteiger partial charge in [0.1, 0.15) is 0 Å². The van der Waals surface area contributed by atoms with E-state index in [-0.39, 0.29) is 0 Å². The molecule has 0 radical (unpaired) electrons. The maximum absolute atomic E-state index is 3.67. The monoisotopic (exact) mass is 155 g/mol. The lowest BCUT2D eigenvalue weighted by Crippen LogP contribution is -2.26. The molecule has 0 saturated heterocycles. The van der Waals surface area contributed by atoms with E-state index < -0.39 is 0 Å². The van der Waals surface area contributed by atoms with Crippen LogP contribution >= 0.6 is 0 Å². The summed E-state index contributed by atoms with van der Waals surface area (Å²) < 4.78 is 0. The molecule has 0 saturated carbocycles. The van der Waals surface area contributed by atoms with Gasteiger partial charge < -0.3 is 5.32 Å². The van der Waals surface area contributed by atoms with Gasteiger partial charge in [0.05, 0.1) is 0 Å². The molecule has 0 aliphatic rings. The van der Waals surface area contributed by atoms with Crippen LogP contribution in [-0.4, -0.2) is 12.6 Å². The predicted octanol–water partition coefficient (Wildman–Crippen LogP) is 2.59. The van der Waals surface area contributed by atoms with Gasteiger partial charge in [-0.15, -0.1) is 6.58 Å². The van der Waals surface area contributed by atoms with E-state index in [4.69, 9.17) is 0 Å². The molecule has 66 valence electrons. The Morgan fingerprint density at radius 1 is 1.27 bits per heavy atom. The minimum absolute atomic E-state index is 0.635. The number of rotatable bonds is 6. The van der Waals surface area contributed by atoms with Crippen LogP contribution in [0.1, 0.15) is 33.6 Å². The third-order valence-corrected chi connectivity index (χ3v) is 1.79. The van der Waals surface area contributed by atoms with Crippen LogP contribution in [0, 0.1) is 5.92 Å². The first-order valence-corrected chi connectivity index (χ1v) is 4.51. The van der Waals surface area contributed by atoms with Crippen molar-refractivity contribution in [3.8, 4) is 0 Å². The average molecular weight is 155 g/mol. The van der Waals surface area contributed by atoms with E-state index in [1.807, 2.05) is 6.08 Å². The van der Waals surface area contributed by atoms with Crippen molar-refractivity contribution in [2.75, 3.05) is 6.54 Å². The van der Waals surface area contributed by atoms with Crippen LogP contribution in [0.15, 0.2) is 12.7 Å². The van der Waals surface area contributed by atoms with E-state index in [1.54, 1.807) is 0 Å². The highest BCUT2D eigenvalue weighted by atomic mass is 14.9. The SMILES string of the molecule is C=CCNC(C)CCC(C)C. The molecule has 0 amide bonds. The Morgan fingerprint density at radius 3 is 2.36 bits per heavy atom. The zero-order valence-electron chi connectivity index (χ0n) is 8.06. The van der Waals surface area contributed by atoms with Crippen molar-refractivity contribution in [3.63, 3.8) is 0 Å². The molecule has 0 aromatic carbocycles. The van der Waals surface area contributed by atoms with Crippen molar-refractivity contribution in [2.24, 2.45) is 5.92 Å². The molecular weight excluding hydrogens is 134 g/mol. The number of hydrogen-bond donors (Lipinski definition) is 1. The fourth-order valence-corrected chi connectivity index (χ4v) is 0.970. The maximum atomic E-state index is 3.67. The second-order valence-electron chi connectivity index (χ2n) is 3.57. The molecule has 0 aliphatic carbocycles. The van der Waals surface area contributed by atoms with E-state index in [9.17, 15) is 0 Å². The lowest BCUT2D eigenvalue weighted by Gasteiger charge is -2.13. The third-order valence-electron chi connectivity index (χ3n) is 1.79. The molecule has 1 nitrogen and oxygen atoms in total. The summed E-state index contributed by atoms with van der Waals surface area (Å²) in [5, 5.41) is 3.37. The van der Waals surface area contributed by atoms with Gasteiger partial charge >= 0.3 is 0 Å². The first kappa shape index (κ1) is 10.7. The molecule has 1 unspecified atom stereocenters. The first-order chi connectivity index (χ1) is 5.16. The Morgan fingerprint density at radius 2 is 1.91 bits per heavy atom. The molecule has 0 aromatic heterocycles. The van der Waals surface area contributed by atoms with Crippen molar-refractivity contribution >= 4 is 0 Å². The summed E-state index contributed by atoms with van der Waals surface area (Å²) in [6.07, 6.45) is 4.49. The largest absolute Gasteiger partial charge is 0.311 e. The molecule has 1 atom stereocenters. The summed E-state index contributed by atoms with van der Waals surface area (Å²) in [5.41, 5.74) is 0. The van der Waals surface area contributed by atoms with E-state index >= 15 is 0 Å². The highest BCUT2D eigenvalue weighted by Gasteiger charge is 2.00. The molecule has 0 aromatic rings. The van der Waals surface area contributed by atoms with Gasteiger partial charge in [0, 0.05) is 12.6 Å². The standard InChI is InChI=1S/C10H21N/c1-5-8-11-10(4)7-6-9(2)3/h5,9-11H,1,6-8H2,2-4H3. The summed E-state index contributed by atoms with van der Waals surface area (Å²) in [6.45, 7) is 11.4. The Kier molecular flexibility index (Phi) is 6.24. The van der Waals surface area contributed by atoms with Crippen LogP contribution in [-0.2, 0) is 0 Å². The van der Waals surface area contributed by atoms with Gasteiger partial charge in [-0.05, 0) is 25.7 Å². The van der Waals surface area contributed by atoms with Crippen LogP contribution in [0.5, 0.6) is 0 Å². The summed E-state index contributed by atoms with van der Waals surface area (Å²) in [6, 6.07) is 0.635. The van der Waals surface area contributed by atoms with Gasteiger partial charge in [0.2, 0.25) is 0 Å². The second-order valence-corrected chi connectivity index (χ2v) is 3.57. The average Bonchev–Trinajstić information content (AvgIpc) is 1.97. The van der Waals surface area contributed by atoms with Gasteiger partial charge in [0.25, 0.3) is 0 Å². The quantitative estimate of drug-likeness (QED) is 0.581. The Balaban J connectivity index is 3.21. The van der Waals surface area contributed by atoms with Crippen LogP contribution in [0.4, 0.5) is 0 Å². The second kappa shape index (κ2) is 6.41. The van der Waals surface area contributed by atoms with Crippen LogP contribution in [0.3, 0.4) is 0 Å². The van der Waals surface area contributed by atoms with Gasteiger partial charge in [0.15, 0.2) is 0 Å². The van der Waals surface area contributed by atoms with Crippen molar-refractivity contribution in [1.29, 1.82) is 0 Å². The van der Waals surface area contributed by atoms with Crippen molar-refractivity contribution in [1.82, 2.24) is 5.32 Å². The first-order valence-electron chi connectivity index (χ1n) is 4.51. The number of hydrogen-bond acceptors (Lipinski definition) is 1. The highest BCUT2D eigenvalue weighted by molar-refractivity contribution is 4.72. The Hall–Kier alpha value is -0.300. The molecule has 1 N–H and O–H groups in total. The zero-order valence-corrected chi connectivity index (χ0v) is 8.06. The summed E-state index contributed by atoms with van der Waals surface area (Å²) in [4.78, 5) is 0. The van der Waals surface area contributed by atoms with Crippen molar-refractivity contribution in [3.05, 3.63) is 12.7 Å². The van der Waals surface area contributed by atoms with E-state index in [2.05, 4.69) is 32.7 Å². The van der Waals surface area contributed by atoms with Gasteiger partial charge in [-0.1, -0.05) is 19.9 Å². The minimum Gasteiger partial charge on any atom is -0.311 e. The summed E-state index contributed by atoms with van der Waals surface area (Å²) >= 11 is 0. The fourth-order valence-electron chi connectivity index (χ4n) is 0.970. The molecule has 0 spiro atoms. The van der Waals surface area contributed by atoms with E-state index in [0.717, 1.165) is 12.5 Å². The summed E-state index contributed by atoms with van der Waals surface area (Å²) in [7, 11) is 0. The minimum atomic E-state index is 0.635. The van der Waals surface area contributed by atoms with Gasteiger partial charge in [-0.2, -0.15) is 0 Å². The normalized spacial score (nSPS) is 13.5. The Labute approximate surface area is 70.9 Å². The topological polar surface area (TPSA) is 12.0 Å². The van der Waals surface area contributed by atoms with Gasteiger partial charge in [-0.25, -0.2) is 0 Å². The molecule has 0 fully saturated rings. The van der Waals surface area contributed by atoms with Crippen molar-refractivity contribution in [2.45, 2.75) is 39.7 Å². The van der Waals surface area contributed by atoms with E-state index in [0.29, 0.717) is 6.04 Å². The Bertz CT molecular complexity index is 97.0. The number of nitrogens with one attached hydrogen (secondary N) is 1. The third kappa shape index (κ3) is 7.60. The molecule has 11 heavy (non-hydrogen) atoms. The molecule has 0 heterocycles. The van der Waals surface area contributed by atoms with Crippen molar-refractivity contribution < 1.29 is 0 Å². The molecule has 0 bridgehead atoms. The predicted molar refractivity (Wildman–Crippen MR) is 51.7 cm³/mol. The van der Waals surface area contributed by atoms with E-state index in [1.165, 1.54) is 12.8 Å². The molecular formula is C10H21N. The molecule has 0 rings (SSSR count). The fraction of sp³-hybridized carbons (Fsp3) is 0.800. The lowest BCUT2D eigenvalue weighted by molar-refractivity contribution is 0.465.